The number of carbonyl (C=O) groups is 1. The van der Waals surface area contributed by atoms with Crippen LogP contribution in [0.2, 0.25) is 0 Å². The van der Waals surface area contributed by atoms with Crippen LogP contribution < -0.4 is 11.1 Å². The number of carbonyl (C=O) groups excluding carboxylic acids is 1. The van der Waals surface area contributed by atoms with Crippen LogP contribution in [0.15, 0.2) is 48.5 Å². The summed E-state index contributed by atoms with van der Waals surface area (Å²) < 4.78 is 12.9. The summed E-state index contributed by atoms with van der Waals surface area (Å²) in [5, 5.41) is 3.02. The lowest BCUT2D eigenvalue weighted by molar-refractivity contribution is -0.127. The molecular weight excluding hydrogens is 317 g/mol. The van der Waals surface area contributed by atoms with Crippen molar-refractivity contribution >= 4 is 5.91 Å². The van der Waals surface area contributed by atoms with Crippen molar-refractivity contribution in [1.29, 1.82) is 0 Å². The van der Waals surface area contributed by atoms with Crippen molar-refractivity contribution in [2.75, 3.05) is 19.6 Å². The van der Waals surface area contributed by atoms with Gasteiger partial charge in [-0.05, 0) is 41.7 Å². The SMILES string of the molecule is NCCN1Cc2ccccc2CC1C(=O)NCCc1ccc(F)cc1. The zero-order valence-electron chi connectivity index (χ0n) is 14.2. The second-order valence-electron chi connectivity index (χ2n) is 6.42. The Morgan fingerprint density at radius 3 is 2.60 bits per heavy atom. The maximum atomic E-state index is 12.9. The summed E-state index contributed by atoms with van der Waals surface area (Å²) >= 11 is 0. The van der Waals surface area contributed by atoms with Gasteiger partial charge in [0, 0.05) is 26.2 Å². The topological polar surface area (TPSA) is 58.4 Å². The summed E-state index contributed by atoms with van der Waals surface area (Å²) in [6.07, 6.45) is 1.39. The highest BCUT2D eigenvalue weighted by atomic mass is 19.1. The number of hydrogen-bond donors (Lipinski definition) is 2. The fourth-order valence-corrected chi connectivity index (χ4v) is 3.34. The highest BCUT2D eigenvalue weighted by molar-refractivity contribution is 5.82. The number of benzene rings is 2. The fraction of sp³-hybridized carbons (Fsp3) is 0.350. The molecule has 1 atom stereocenters. The summed E-state index contributed by atoms with van der Waals surface area (Å²) in [5.41, 5.74) is 9.24. The molecule has 0 spiro atoms. The molecule has 1 aliphatic heterocycles. The van der Waals surface area contributed by atoms with Gasteiger partial charge in [-0.1, -0.05) is 36.4 Å². The van der Waals surface area contributed by atoms with Crippen molar-refractivity contribution in [2.24, 2.45) is 5.73 Å². The number of fused-ring (bicyclic) bond motifs is 1. The highest BCUT2D eigenvalue weighted by Crippen LogP contribution is 2.23. The fourth-order valence-electron chi connectivity index (χ4n) is 3.34. The Labute approximate surface area is 147 Å². The number of rotatable bonds is 6. The van der Waals surface area contributed by atoms with Gasteiger partial charge in [-0.15, -0.1) is 0 Å². The first kappa shape index (κ1) is 17.6. The zero-order chi connectivity index (χ0) is 17.6. The molecule has 5 heteroatoms. The molecule has 1 amide bonds. The Hall–Kier alpha value is -2.24. The minimum Gasteiger partial charge on any atom is -0.354 e. The Morgan fingerprint density at radius 1 is 1.16 bits per heavy atom. The molecule has 2 aromatic carbocycles. The molecule has 4 nitrogen and oxygen atoms in total. The Balaban J connectivity index is 1.60. The Kier molecular flexibility index (Phi) is 5.79. The summed E-state index contributed by atoms with van der Waals surface area (Å²) in [6.45, 7) is 2.52. The summed E-state index contributed by atoms with van der Waals surface area (Å²) in [5.74, 6) is -0.212. The van der Waals surface area contributed by atoms with Crippen molar-refractivity contribution < 1.29 is 9.18 Å². The molecule has 0 saturated heterocycles. The Morgan fingerprint density at radius 2 is 1.88 bits per heavy atom. The standard InChI is InChI=1S/C20H24FN3O/c21-18-7-5-15(6-8-18)9-11-23-20(25)19-13-16-3-1-2-4-17(16)14-24(19)12-10-22/h1-8,19H,9-14,22H2,(H,23,25). The van der Waals surface area contributed by atoms with Gasteiger partial charge in [0.25, 0.3) is 0 Å². The van der Waals surface area contributed by atoms with E-state index < -0.39 is 0 Å². The number of amides is 1. The van der Waals surface area contributed by atoms with Gasteiger partial charge in [0.1, 0.15) is 5.82 Å². The maximum absolute atomic E-state index is 12.9. The first-order chi connectivity index (χ1) is 12.2. The average molecular weight is 341 g/mol. The molecular formula is C20H24FN3O. The van der Waals surface area contributed by atoms with Gasteiger partial charge in [0.2, 0.25) is 5.91 Å². The van der Waals surface area contributed by atoms with Crippen LogP contribution in [0.1, 0.15) is 16.7 Å². The van der Waals surface area contributed by atoms with Gasteiger partial charge in [-0.25, -0.2) is 4.39 Å². The molecule has 3 rings (SSSR count). The van der Waals surface area contributed by atoms with Crippen molar-refractivity contribution in [1.82, 2.24) is 10.2 Å². The molecule has 0 radical (unpaired) electrons. The summed E-state index contributed by atoms with van der Waals surface area (Å²) in [6, 6.07) is 14.4. The van der Waals surface area contributed by atoms with E-state index in [2.05, 4.69) is 22.3 Å². The molecule has 1 unspecified atom stereocenters. The van der Waals surface area contributed by atoms with E-state index in [1.807, 2.05) is 12.1 Å². The number of nitrogens with zero attached hydrogens (tertiary/aromatic N) is 1. The van der Waals surface area contributed by atoms with Crippen LogP contribution in [0.3, 0.4) is 0 Å². The predicted octanol–water partition coefficient (Wildman–Crippen LogP) is 1.87. The molecule has 3 N–H and O–H groups in total. The van der Waals surface area contributed by atoms with Crippen molar-refractivity contribution in [3.8, 4) is 0 Å². The molecule has 0 saturated carbocycles. The minimum atomic E-state index is -0.244. The predicted molar refractivity (Wildman–Crippen MR) is 96.5 cm³/mol. The quantitative estimate of drug-likeness (QED) is 0.843. The minimum absolute atomic E-state index is 0.0325. The van der Waals surface area contributed by atoms with E-state index in [9.17, 15) is 9.18 Å². The lowest BCUT2D eigenvalue weighted by Gasteiger charge is -2.35. The van der Waals surface area contributed by atoms with Crippen LogP contribution >= 0.6 is 0 Å². The monoisotopic (exact) mass is 341 g/mol. The van der Waals surface area contributed by atoms with Gasteiger partial charge >= 0.3 is 0 Å². The molecule has 25 heavy (non-hydrogen) atoms. The number of hydrogen-bond acceptors (Lipinski definition) is 3. The van der Waals surface area contributed by atoms with Gasteiger partial charge in [0.15, 0.2) is 0 Å². The van der Waals surface area contributed by atoms with E-state index in [-0.39, 0.29) is 17.8 Å². The van der Waals surface area contributed by atoms with Gasteiger partial charge in [-0.3, -0.25) is 9.69 Å². The van der Waals surface area contributed by atoms with Crippen LogP contribution in [-0.4, -0.2) is 36.5 Å². The van der Waals surface area contributed by atoms with Gasteiger partial charge in [-0.2, -0.15) is 0 Å². The first-order valence-corrected chi connectivity index (χ1v) is 8.70. The third kappa shape index (κ3) is 4.44. The number of nitrogens with one attached hydrogen (secondary N) is 1. The van der Waals surface area contributed by atoms with Crippen LogP contribution in [-0.2, 0) is 24.2 Å². The van der Waals surface area contributed by atoms with Crippen molar-refractivity contribution in [3.63, 3.8) is 0 Å². The summed E-state index contributed by atoms with van der Waals surface area (Å²) in [4.78, 5) is 14.8. The van der Waals surface area contributed by atoms with Crippen LogP contribution in [0.25, 0.3) is 0 Å². The van der Waals surface area contributed by atoms with Crippen LogP contribution in [0.5, 0.6) is 0 Å². The van der Waals surface area contributed by atoms with E-state index >= 15 is 0 Å². The molecule has 0 fully saturated rings. The number of halogens is 1. The van der Waals surface area contributed by atoms with Crippen LogP contribution in [0.4, 0.5) is 4.39 Å². The smallest absolute Gasteiger partial charge is 0.237 e. The second-order valence-corrected chi connectivity index (χ2v) is 6.42. The van der Waals surface area contributed by atoms with E-state index in [1.165, 1.54) is 23.3 Å². The molecule has 0 aromatic heterocycles. The highest BCUT2D eigenvalue weighted by Gasteiger charge is 2.30. The molecule has 132 valence electrons. The molecule has 0 bridgehead atoms. The maximum Gasteiger partial charge on any atom is 0.237 e. The average Bonchev–Trinajstić information content (AvgIpc) is 2.63. The van der Waals surface area contributed by atoms with E-state index in [0.717, 1.165) is 12.1 Å². The zero-order valence-corrected chi connectivity index (χ0v) is 14.2. The molecule has 1 heterocycles. The Bertz CT molecular complexity index is 717. The largest absolute Gasteiger partial charge is 0.354 e. The van der Waals surface area contributed by atoms with E-state index in [0.29, 0.717) is 32.5 Å². The van der Waals surface area contributed by atoms with E-state index in [4.69, 9.17) is 5.73 Å². The van der Waals surface area contributed by atoms with Crippen molar-refractivity contribution in [3.05, 3.63) is 71.0 Å². The number of nitrogens with two attached hydrogens (primary N) is 1. The molecule has 0 aliphatic carbocycles. The summed E-state index contributed by atoms with van der Waals surface area (Å²) in [7, 11) is 0. The van der Waals surface area contributed by atoms with Gasteiger partial charge in [0.05, 0.1) is 6.04 Å². The van der Waals surface area contributed by atoms with Gasteiger partial charge < -0.3 is 11.1 Å². The van der Waals surface area contributed by atoms with Crippen molar-refractivity contribution in [2.45, 2.75) is 25.4 Å². The first-order valence-electron chi connectivity index (χ1n) is 8.70. The molecule has 2 aromatic rings. The third-order valence-electron chi connectivity index (χ3n) is 4.69. The lowest BCUT2D eigenvalue weighted by atomic mass is 9.93. The lowest BCUT2D eigenvalue weighted by Crippen LogP contribution is -2.51. The molecule has 1 aliphatic rings. The second kappa shape index (κ2) is 8.23. The normalized spacial score (nSPS) is 17.1. The van der Waals surface area contributed by atoms with E-state index in [1.54, 1.807) is 12.1 Å². The van der Waals surface area contributed by atoms with Crippen LogP contribution in [0, 0.1) is 5.82 Å². The third-order valence-corrected chi connectivity index (χ3v) is 4.69.